The van der Waals surface area contributed by atoms with E-state index in [1.54, 1.807) is 24.3 Å². The molecule has 1 N–H and O–H groups in total. The van der Waals surface area contributed by atoms with Crippen LogP contribution in [0.5, 0.6) is 0 Å². The number of nitrogens with zero attached hydrogens (tertiary/aromatic N) is 4. The molecule has 0 saturated carbocycles. The lowest BCUT2D eigenvalue weighted by atomic mass is 10.1. The molecule has 0 radical (unpaired) electrons. The van der Waals surface area contributed by atoms with Crippen LogP contribution in [0.2, 0.25) is 0 Å². The van der Waals surface area contributed by atoms with E-state index in [0.29, 0.717) is 11.4 Å². The van der Waals surface area contributed by atoms with Gasteiger partial charge in [0.15, 0.2) is 11.4 Å². The van der Waals surface area contributed by atoms with Crippen molar-refractivity contribution in [2.75, 3.05) is 0 Å². The van der Waals surface area contributed by atoms with Crippen molar-refractivity contribution in [3.8, 4) is 16.9 Å². The first kappa shape index (κ1) is 18.1. The largest absolute Gasteiger partial charge is 0.299 e. The molecule has 29 heavy (non-hydrogen) atoms. The zero-order valence-corrected chi connectivity index (χ0v) is 15.1. The van der Waals surface area contributed by atoms with Crippen LogP contribution in [-0.4, -0.2) is 14.7 Å². The number of H-pyrrole nitrogens is 1. The van der Waals surface area contributed by atoms with E-state index in [1.807, 2.05) is 48.5 Å². The van der Waals surface area contributed by atoms with E-state index in [2.05, 4.69) is 15.3 Å². The van der Waals surface area contributed by atoms with Gasteiger partial charge in [-0.1, -0.05) is 60.7 Å². The summed E-state index contributed by atoms with van der Waals surface area (Å²) in [6.45, 7) is 0. The molecule has 0 spiro atoms. The maximum atomic E-state index is 13.0. The topological polar surface area (TPSA) is 106 Å². The highest BCUT2D eigenvalue weighted by atomic mass is 16.6. The molecule has 0 aliphatic heterocycles. The SMILES string of the molecule is O=c1c(N=Nc2ccccc2[N+](=O)[O-])c(-c2ccccc2)[nH]n1-c1ccccc1. The number of rotatable bonds is 5. The van der Waals surface area contributed by atoms with Crippen LogP contribution in [0, 0.1) is 10.1 Å². The average molecular weight is 385 g/mol. The van der Waals surface area contributed by atoms with E-state index in [1.165, 1.54) is 16.8 Å². The first-order chi connectivity index (χ1) is 14.1. The number of aromatic amines is 1. The predicted octanol–water partition coefficient (Wildman–Crippen LogP) is 5.16. The number of nitro groups is 1. The Labute approximate surface area is 164 Å². The highest BCUT2D eigenvalue weighted by Gasteiger charge is 2.18. The van der Waals surface area contributed by atoms with E-state index in [4.69, 9.17) is 0 Å². The standard InChI is InChI=1S/C21H15N5O3/c27-21-20(23-22-17-13-7-8-14-18(17)26(28)29)19(15-9-3-1-4-10-15)24-25(21)16-11-5-2-6-12-16/h1-14,24H. The Morgan fingerprint density at radius 1 is 0.828 bits per heavy atom. The van der Waals surface area contributed by atoms with E-state index in [9.17, 15) is 14.9 Å². The second-order valence-electron chi connectivity index (χ2n) is 6.12. The van der Waals surface area contributed by atoms with Crippen molar-refractivity contribution < 1.29 is 4.92 Å². The van der Waals surface area contributed by atoms with Crippen molar-refractivity contribution in [2.45, 2.75) is 0 Å². The lowest BCUT2D eigenvalue weighted by Gasteiger charge is -2.01. The lowest BCUT2D eigenvalue weighted by Crippen LogP contribution is -2.13. The van der Waals surface area contributed by atoms with E-state index < -0.39 is 10.5 Å². The summed E-state index contributed by atoms with van der Waals surface area (Å²) in [5.41, 5.74) is 1.41. The quantitative estimate of drug-likeness (QED) is 0.291. The first-order valence-electron chi connectivity index (χ1n) is 8.76. The number of azo groups is 1. The second-order valence-corrected chi connectivity index (χ2v) is 6.12. The lowest BCUT2D eigenvalue weighted by molar-refractivity contribution is -0.384. The van der Waals surface area contributed by atoms with Crippen molar-refractivity contribution in [3.05, 3.63) is 105 Å². The van der Waals surface area contributed by atoms with Crippen LogP contribution in [0.1, 0.15) is 0 Å². The van der Waals surface area contributed by atoms with Crippen LogP contribution < -0.4 is 5.56 Å². The monoisotopic (exact) mass is 385 g/mol. The van der Waals surface area contributed by atoms with Gasteiger partial charge in [-0.3, -0.25) is 20.0 Å². The zero-order chi connectivity index (χ0) is 20.2. The van der Waals surface area contributed by atoms with Gasteiger partial charge in [0.25, 0.3) is 11.2 Å². The second kappa shape index (κ2) is 7.73. The smallest absolute Gasteiger partial charge is 0.288 e. The molecule has 3 aromatic carbocycles. The molecule has 0 aliphatic rings. The molecule has 1 aromatic heterocycles. The summed E-state index contributed by atoms with van der Waals surface area (Å²) in [5.74, 6) is 0. The minimum Gasteiger partial charge on any atom is -0.288 e. The van der Waals surface area contributed by atoms with E-state index in [-0.39, 0.29) is 17.1 Å². The fourth-order valence-corrected chi connectivity index (χ4v) is 2.89. The molecule has 142 valence electrons. The van der Waals surface area contributed by atoms with Gasteiger partial charge in [-0.05, 0) is 18.2 Å². The summed E-state index contributed by atoms with van der Waals surface area (Å²) in [4.78, 5) is 23.7. The van der Waals surface area contributed by atoms with Gasteiger partial charge in [-0.25, -0.2) is 4.68 Å². The maximum absolute atomic E-state index is 13.0. The van der Waals surface area contributed by atoms with Crippen LogP contribution in [0.4, 0.5) is 17.1 Å². The minimum atomic E-state index is -0.536. The Morgan fingerprint density at radius 3 is 2.14 bits per heavy atom. The average Bonchev–Trinajstić information content (AvgIpc) is 3.10. The summed E-state index contributed by atoms with van der Waals surface area (Å²) in [5, 5.41) is 22.4. The Hall–Kier alpha value is -4.33. The van der Waals surface area contributed by atoms with Crippen molar-refractivity contribution in [3.63, 3.8) is 0 Å². The third kappa shape index (κ3) is 3.59. The van der Waals surface area contributed by atoms with Crippen LogP contribution in [0.15, 0.2) is 100.0 Å². The molecule has 1 heterocycles. The number of hydrogen-bond acceptors (Lipinski definition) is 5. The molecule has 0 saturated heterocycles. The predicted molar refractivity (Wildman–Crippen MR) is 109 cm³/mol. The number of nitrogens with one attached hydrogen (secondary N) is 1. The fraction of sp³-hybridized carbons (Fsp3) is 0. The Morgan fingerprint density at radius 2 is 1.45 bits per heavy atom. The number of para-hydroxylation sites is 2. The fourth-order valence-electron chi connectivity index (χ4n) is 2.89. The van der Waals surface area contributed by atoms with Gasteiger partial charge in [0.2, 0.25) is 0 Å². The van der Waals surface area contributed by atoms with Crippen LogP contribution in [-0.2, 0) is 0 Å². The highest BCUT2D eigenvalue weighted by Crippen LogP contribution is 2.31. The van der Waals surface area contributed by atoms with E-state index >= 15 is 0 Å². The Bertz CT molecular complexity index is 1240. The van der Waals surface area contributed by atoms with Gasteiger partial charge in [0.05, 0.1) is 16.3 Å². The molecule has 0 atom stereocenters. The first-order valence-corrected chi connectivity index (χ1v) is 8.76. The summed E-state index contributed by atoms with van der Waals surface area (Å²) >= 11 is 0. The Balaban J connectivity index is 1.88. The molecule has 0 aliphatic carbocycles. The van der Waals surface area contributed by atoms with Crippen molar-refractivity contribution in [1.82, 2.24) is 9.78 Å². The molecule has 4 aromatic rings. The number of nitro benzene ring substituents is 1. The Kier molecular flexibility index (Phi) is 4.81. The molecule has 4 rings (SSSR count). The van der Waals surface area contributed by atoms with Gasteiger partial charge in [0.1, 0.15) is 0 Å². The van der Waals surface area contributed by atoms with Gasteiger partial charge < -0.3 is 0 Å². The van der Waals surface area contributed by atoms with Gasteiger partial charge in [-0.15, -0.1) is 10.2 Å². The molecule has 0 bridgehead atoms. The zero-order valence-electron chi connectivity index (χ0n) is 15.1. The molecular formula is C21H15N5O3. The van der Waals surface area contributed by atoms with Crippen molar-refractivity contribution in [1.29, 1.82) is 0 Å². The van der Waals surface area contributed by atoms with Crippen LogP contribution in [0.25, 0.3) is 16.9 Å². The summed E-state index contributed by atoms with van der Waals surface area (Å²) < 4.78 is 1.37. The van der Waals surface area contributed by atoms with Crippen LogP contribution in [0.3, 0.4) is 0 Å². The third-order valence-electron chi connectivity index (χ3n) is 4.28. The van der Waals surface area contributed by atoms with E-state index in [0.717, 1.165) is 5.56 Å². The van der Waals surface area contributed by atoms with Gasteiger partial charge >= 0.3 is 0 Å². The third-order valence-corrected chi connectivity index (χ3v) is 4.28. The molecular weight excluding hydrogens is 370 g/mol. The molecule has 8 nitrogen and oxygen atoms in total. The molecule has 8 heteroatoms. The summed E-state index contributed by atoms with van der Waals surface area (Å²) in [7, 11) is 0. The maximum Gasteiger partial charge on any atom is 0.299 e. The number of aromatic nitrogens is 2. The summed E-state index contributed by atoms with van der Waals surface area (Å²) in [6, 6.07) is 24.3. The normalized spacial score (nSPS) is 11.0. The summed E-state index contributed by atoms with van der Waals surface area (Å²) in [6.07, 6.45) is 0. The molecule has 0 fully saturated rings. The highest BCUT2D eigenvalue weighted by molar-refractivity contribution is 5.72. The molecule has 0 unspecified atom stereocenters. The number of hydrogen-bond donors (Lipinski definition) is 1. The minimum absolute atomic E-state index is 0.0678. The molecule has 0 amide bonds. The van der Waals surface area contributed by atoms with Gasteiger partial charge in [0, 0.05) is 11.6 Å². The van der Waals surface area contributed by atoms with Crippen molar-refractivity contribution >= 4 is 17.1 Å². The van der Waals surface area contributed by atoms with Gasteiger partial charge in [-0.2, -0.15) is 0 Å². The number of benzene rings is 3. The van der Waals surface area contributed by atoms with Crippen LogP contribution >= 0.6 is 0 Å². The van der Waals surface area contributed by atoms with Crippen molar-refractivity contribution in [2.24, 2.45) is 10.2 Å².